The van der Waals surface area contributed by atoms with E-state index >= 15 is 0 Å². The first-order valence-electron chi connectivity index (χ1n) is 8.40. The molecule has 2 rings (SSSR count). The molecule has 0 aromatic heterocycles. The van der Waals surface area contributed by atoms with E-state index in [-0.39, 0.29) is 31.3 Å². The highest BCUT2D eigenvalue weighted by atomic mass is 79.9. The van der Waals surface area contributed by atoms with Crippen molar-refractivity contribution >= 4 is 32.0 Å². The zero-order chi connectivity index (χ0) is 18.8. The molecular weight excluding hydrogens is 408 g/mol. The molecule has 140 valence electrons. The van der Waals surface area contributed by atoms with Crippen molar-refractivity contribution in [1.82, 2.24) is 9.21 Å². The number of hydrogen-bond donors (Lipinski definition) is 0. The SMILES string of the molecule is CCC(C)OC(=O)N1CCN(S(=O)(=O)c2ccc(Br)cc2C)C[C@@H]1C. The molecule has 1 aliphatic rings. The molecule has 1 heterocycles. The summed E-state index contributed by atoms with van der Waals surface area (Å²) < 4.78 is 33.5. The minimum Gasteiger partial charge on any atom is -0.446 e. The third kappa shape index (κ3) is 4.54. The number of aryl methyl sites for hydroxylation is 1. The number of carbonyl (C=O) groups is 1. The van der Waals surface area contributed by atoms with Gasteiger partial charge in [-0.25, -0.2) is 13.2 Å². The first-order valence-corrected chi connectivity index (χ1v) is 10.6. The van der Waals surface area contributed by atoms with Crippen LogP contribution in [0.2, 0.25) is 0 Å². The lowest BCUT2D eigenvalue weighted by Gasteiger charge is -2.38. The molecule has 2 atom stereocenters. The molecule has 0 radical (unpaired) electrons. The summed E-state index contributed by atoms with van der Waals surface area (Å²) in [5.74, 6) is 0. The van der Waals surface area contributed by atoms with E-state index < -0.39 is 10.0 Å². The first kappa shape index (κ1) is 20.2. The van der Waals surface area contributed by atoms with Crippen molar-refractivity contribution in [3.8, 4) is 0 Å². The Bertz CT molecular complexity index is 738. The molecule has 1 aliphatic heterocycles. The van der Waals surface area contributed by atoms with Crippen LogP contribution in [0.25, 0.3) is 0 Å². The first-order chi connectivity index (χ1) is 11.7. The van der Waals surface area contributed by atoms with Gasteiger partial charge in [0.1, 0.15) is 6.10 Å². The summed E-state index contributed by atoms with van der Waals surface area (Å²) in [6, 6.07) is 4.89. The predicted molar refractivity (Wildman–Crippen MR) is 100 cm³/mol. The summed E-state index contributed by atoms with van der Waals surface area (Å²) in [5.41, 5.74) is 0.695. The topological polar surface area (TPSA) is 66.9 Å². The van der Waals surface area contributed by atoms with E-state index in [4.69, 9.17) is 4.74 Å². The number of hydrogen-bond acceptors (Lipinski definition) is 4. The summed E-state index contributed by atoms with van der Waals surface area (Å²) in [7, 11) is -3.59. The van der Waals surface area contributed by atoms with Crippen LogP contribution in [0.3, 0.4) is 0 Å². The van der Waals surface area contributed by atoms with Crippen molar-refractivity contribution in [2.75, 3.05) is 19.6 Å². The lowest BCUT2D eigenvalue weighted by Crippen LogP contribution is -2.55. The van der Waals surface area contributed by atoms with Gasteiger partial charge in [0.25, 0.3) is 0 Å². The molecular formula is C17H25BrN2O4S. The normalized spacial score (nSPS) is 20.4. The van der Waals surface area contributed by atoms with Crippen LogP contribution in [0.4, 0.5) is 4.79 Å². The van der Waals surface area contributed by atoms with Gasteiger partial charge in [-0.1, -0.05) is 22.9 Å². The fraction of sp³-hybridized carbons (Fsp3) is 0.588. The van der Waals surface area contributed by atoms with Gasteiger partial charge in [-0.3, -0.25) is 0 Å². The molecule has 0 N–H and O–H groups in total. The van der Waals surface area contributed by atoms with Crippen LogP contribution >= 0.6 is 15.9 Å². The number of nitrogens with zero attached hydrogens (tertiary/aromatic N) is 2. The monoisotopic (exact) mass is 432 g/mol. The Kier molecular flexibility index (Phi) is 6.51. The van der Waals surface area contributed by atoms with Gasteiger partial charge < -0.3 is 9.64 Å². The Labute approximate surface area is 158 Å². The Morgan fingerprint density at radius 2 is 2.08 bits per heavy atom. The van der Waals surface area contributed by atoms with E-state index in [0.29, 0.717) is 17.0 Å². The molecule has 1 aromatic carbocycles. The molecule has 25 heavy (non-hydrogen) atoms. The average molecular weight is 433 g/mol. The van der Waals surface area contributed by atoms with Crippen molar-refractivity contribution < 1.29 is 17.9 Å². The predicted octanol–water partition coefficient (Wildman–Crippen LogP) is 3.39. The van der Waals surface area contributed by atoms with E-state index in [9.17, 15) is 13.2 Å². The number of ether oxygens (including phenoxy) is 1. The van der Waals surface area contributed by atoms with Gasteiger partial charge in [-0.05, 0) is 51.0 Å². The third-order valence-corrected chi connectivity index (χ3v) is 6.98. The number of halogens is 1. The highest BCUT2D eigenvalue weighted by Crippen LogP contribution is 2.25. The summed E-state index contributed by atoms with van der Waals surface area (Å²) in [4.78, 5) is 14.1. The van der Waals surface area contributed by atoms with Crippen LogP contribution in [0.15, 0.2) is 27.6 Å². The van der Waals surface area contributed by atoms with Gasteiger partial charge in [0, 0.05) is 30.1 Å². The van der Waals surface area contributed by atoms with Crippen LogP contribution in [0.1, 0.15) is 32.8 Å². The summed E-state index contributed by atoms with van der Waals surface area (Å²) in [6.45, 7) is 8.26. The molecule has 1 saturated heterocycles. The Hall–Kier alpha value is -1.12. The third-order valence-electron chi connectivity index (χ3n) is 4.46. The average Bonchev–Trinajstić information content (AvgIpc) is 2.53. The largest absolute Gasteiger partial charge is 0.446 e. The number of amides is 1. The number of carbonyl (C=O) groups excluding carboxylic acids is 1. The Morgan fingerprint density at radius 3 is 2.64 bits per heavy atom. The van der Waals surface area contributed by atoms with E-state index in [1.165, 1.54) is 4.31 Å². The highest BCUT2D eigenvalue weighted by molar-refractivity contribution is 9.10. The fourth-order valence-corrected chi connectivity index (χ4v) is 4.97. The van der Waals surface area contributed by atoms with Crippen molar-refractivity contribution in [3.05, 3.63) is 28.2 Å². The van der Waals surface area contributed by atoms with Gasteiger partial charge in [-0.15, -0.1) is 0 Å². The summed E-state index contributed by atoms with van der Waals surface area (Å²) in [6.07, 6.45) is 0.225. The fourth-order valence-electron chi connectivity index (χ4n) is 2.78. The van der Waals surface area contributed by atoms with Crippen molar-refractivity contribution in [2.45, 2.75) is 51.2 Å². The number of piperazine rings is 1. The Morgan fingerprint density at radius 1 is 1.40 bits per heavy atom. The maximum Gasteiger partial charge on any atom is 0.410 e. The minimum atomic E-state index is -3.59. The molecule has 0 saturated carbocycles. The minimum absolute atomic E-state index is 0.146. The second kappa shape index (κ2) is 8.05. The molecule has 0 aliphatic carbocycles. The van der Waals surface area contributed by atoms with E-state index in [2.05, 4.69) is 15.9 Å². The van der Waals surface area contributed by atoms with Crippen molar-refractivity contribution in [2.24, 2.45) is 0 Å². The van der Waals surface area contributed by atoms with Gasteiger partial charge in [0.2, 0.25) is 10.0 Å². The van der Waals surface area contributed by atoms with Crippen LogP contribution in [-0.2, 0) is 14.8 Å². The van der Waals surface area contributed by atoms with E-state index in [0.717, 1.165) is 10.9 Å². The van der Waals surface area contributed by atoms with E-state index in [1.807, 2.05) is 20.8 Å². The number of benzene rings is 1. The second-order valence-corrected chi connectivity index (χ2v) is 9.24. The molecule has 8 heteroatoms. The highest BCUT2D eigenvalue weighted by Gasteiger charge is 2.35. The summed E-state index contributed by atoms with van der Waals surface area (Å²) in [5, 5.41) is 0. The van der Waals surface area contributed by atoms with Gasteiger partial charge >= 0.3 is 6.09 Å². The lowest BCUT2D eigenvalue weighted by atomic mass is 10.2. The molecule has 1 unspecified atom stereocenters. The zero-order valence-electron chi connectivity index (χ0n) is 15.0. The van der Waals surface area contributed by atoms with E-state index in [1.54, 1.807) is 30.0 Å². The molecule has 1 amide bonds. The molecule has 6 nitrogen and oxygen atoms in total. The summed E-state index contributed by atoms with van der Waals surface area (Å²) >= 11 is 3.35. The molecule has 1 fully saturated rings. The van der Waals surface area contributed by atoms with Crippen LogP contribution < -0.4 is 0 Å². The Balaban J connectivity index is 2.13. The van der Waals surface area contributed by atoms with Gasteiger partial charge in [0.15, 0.2) is 0 Å². The van der Waals surface area contributed by atoms with Gasteiger partial charge in [0.05, 0.1) is 4.90 Å². The van der Waals surface area contributed by atoms with Crippen LogP contribution in [-0.4, -0.2) is 55.5 Å². The zero-order valence-corrected chi connectivity index (χ0v) is 17.4. The standard InChI is InChI=1S/C17H25BrN2O4S/c1-5-14(4)24-17(21)20-9-8-19(11-13(20)3)25(22,23)16-7-6-15(18)10-12(16)2/h6-7,10,13-14H,5,8-9,11H2,1-4H3/t13-,14?/m0/s1. The van der Waals surface area contributed by atoms with Crippen molar-refractivity contribution in [1.29, 1.82) is 0 Å². The molecule has 0 bridgehead atoms. The second-order valence-electron chi connectivity index (χ2n) is 6.42. The van der Waals surface area contributed by atoms with Crippen LogP contribution in [0, 0.1) is 6.92 Å². The number of sulfonamides is 1. The van der Waals surface area contributed by atoms with Crippen LogP contribution in [0.5, 0.6) is 0 Å². The van der Waals surface area contributed by atoms with Gasteiger partial charge in [-0.2, -0.15) is 4.31 Å². The quantitative estimate of drug-likeness (QED) is 0.730. The molecule has 1 aromatic rings. The smallest absolute Gasteiger partial charge is 0.410 e. The maximum atomic E-state index is 12.9. The maximum absolute atomic E-state index is 12.9. The molecule has 0 spiro atoms. The number of rotatable bonds is 4. The van der Waals surface area contributed by atoms with Crippen molar-refractivity contribution in [3.63, 3.8) is 0 Å². The lowest BCUT2D eigenvalue weighted by molar-refractivity contribution is 0.0436.